The second-order valence-electron chi connectivity index (χ2n) is 3.91. The van der Waals surface area contributed by atoms with Gasteiger partial charge in [0.25, 0.3) is 0 Å². The topological polar surface area (TPSA) is 55.3 Å². The van der Waals surface area contributed by atoms with E-state index in [0.29, 0.717) is 17.8 Å². The minimum absolute atomic E-state index is 0.00871. The number of rotatable bonds is 3. The zero-order chi connectivity index (χ0) is 13.2. The molecule has 0 spiro atoms. The van der Waals surface area contributed by atoms with Crippen LogP contribution < -0.4 is 16.6 Å². The van der Waals surface area contributed by atoms with E-state index in [9.17, 15) is 13.2 Å². The van der Waals surface area contributed by atoms with Crippen molar-refractivity contribution in [1.29, 1.82) is 0 Å². The van der Waals surface area contributed by atoms with Crippen molar-refractivity contribution in [2.24, 2.45) is 17.5 Å². The molecule has 0 aromatic heterocycles. The highest BCUT2D eigenvalue weighted by Crippen LogP contribution is 2.21. The number of hydrazine groups is 1. The number of nitrogens with two attached hydrogens (primary N) is 2. The molecule has 0 saturated carbocycles. The van der Waals surface area contributed by atoms with Crippen LogP contribution in [0.4, 0.5) is 18.9 Å². The van der Waals surface area contributed by atoms with Crippen LogP contribution >= 0.6 is 0 Å². The number of anilines is 1. The molecule has 3 nitrogen and oxygen atoms in total. The van der Waals surface area contributed by atoms with Gasteiger partial charge in [0, 0.05) is 24.0 Å². The Morgan fingerprint density at radius 2 is 1.71 bits per heavy atom. The Bertz CT molecular complexity index is 444. The first-order valence-electron chi connectivity index (χ1n) is 4.98. The number of nitrogens with zero attached hydrogens (tertiary/aromatic N) is 1. The molecule has 0 unspecified atom stereocenters. The lowest BCUT2D eigenvalue weighted by Crippen LogP contribution is -2.28. The predicted octanol–water partition coefficient (Wildman–Crippen LogP) is 2.24. The maximum absolute atomic E-state index is 13.3. The van der Waals surface area contributed by atoms with Gasteiger partial charge < -0.3 is 5.73 Å². The summed E-state index contributed by atoms with van der Waals surface area (Å²) in [4.78, 5) is 0. The van der Waals surface area contributed by atoms with Crippen LogP contribution in [0.3, 0.4) is 0 Å². The van der Waals surface area contributed by atoms with Gasteiger partial charge in [-0.05, 0) is 5.92 Å². The van der Waals surface area contributed by atoms with Gasteiger partial charge in [0.1, 0.15) is 0 Å². The molecule has 0 aliphatic rings. The third kappa shape index (κ3) is 3.13. The molecule has 0 fully saturated rings. The lowest BCUT2D eigenvalue weighted by Gasteiger charge is -2.17. The molecule has 17 heavy (non-hydrogen) atoms. The Labute approximate surface area is 97.5 Å². The summed E-state index contributed by atoms with van der Waals surface area (Å²) in [5, 5.41) is 0.827. The zero-order valence-electron chi connectivity index (χ0n) is 9.55. The smallest absolute Gasteiger partial charge is 0.161 e. The molecular weight excluding hydrogens is 231 g/mol. The SMILES string of the molecule is CC(C)/C(N)=C/N(N)c1cc(F)c(F)cc1F. The van der Waals surface area contributed by atoms with E-state index in [4.69, 9.17) is 11.6 Å². The number of hydrogen-bond acceptors (Lipinski definition) is 3. The molecule has 1 aromatic rings. The van der Waals surface area contributed by atoms with E-state index in [1.807, 2.05) is 13.8 Å². The second kappa shape index (κ2) is 5.09. The monoisotopic (exact) mass is 245 g/mol. The summed E-state index contributed by atoms with van der Waals surface area (Å²) in [6.45, 7) is 3.64. The molecule has 94 valence electrons. The second-order valence-corrected chi connectivity index (χ2v) is 3.91. The Kier molecular flexibility index (Phi) is 4.01. The lowest BCUT2D eigenvalue weighted by atomic mass is 10.1. The fraction of sp³-hybridized carbons (Fsp3) is 0.273. The summed E-state index contributed by atoms with van der Waals surface area (Å²) in [6.07, 6.45) is 1.26. The molecule has 0 heterocycles. The Hall–Kier alpha value is -1.69. The highest BCUT2D eigenvalue weighted by Gasteiger charge is 2.13. The fourth-order valence-corrected chi connectivity index (χ4v) is 1.09. The van der Waals surface area contributed by atoms with Gasteiger partial charge in [-0.15, -0.1) is 0 Å². The Balaban J connectivity index is 3.09. The Morgan fingerprint density at radius 1 is 1.18 bits per heavy atom. The zero-order valence-corrected chi connectivity index (χ0v) is 9.55. The highest BCUT2D eigenvalue weighted by molar-refractivity contribution is 5.49. The van der Waals surface area contributed by atoms with Crippen LogP contribution in [0, 0.1) is 23.4 Å². The first kappa shape index (κ1) is 13.4. The number of benzene rings is 1. The largest absolute Gasteiger partial charge is 0.401 e. The molecule has 0 radical (unpaired) electrons. The van der Waals surface area contributed by atoms with Gasteiger partial charge in [-0.2, -0.15) is 0 Å². The van der Waals surface area contributed by atoms with Crippen LogP contribution in [0.5, 0.6) is 0 Å². The van der Waals surface area contributed by atoms with Gasteiger partial charge in [-0.1, -0.05) is 13.8 Å². The molecule has 0 aliphatic carbocycles. The fourth-order valence-electron chi connectivity index (χ4n) is 1.09. The van der Waals surface area contributed by atoms with Crippen LogP contribution in [-0.2, 0) is 0 Å². The van der Waals surface area contributed by atoms with E-state index < -0.39 is 17.5 Å². The number of hydrogen-bond donors (Lipinski definition) is 2. The van der Waals surface area contributed by atoms with E-state index in [1.54, 1.807) is 0 Å². The van der Waals surface area contributed by atoms with Crippen molar-refractivity contribution in [2.75, 3.05) is 5.01 Å². The van der Waals surface area contributed by atoms with Gasteiger partial charge >= 0.3 is 0 Å². The molecule has 1 rings (SSSR count). The first-order valence-corrected chi connectivity index (χ1v) is 4.98. The number of halogens is 3. The van der Waals surface area contributed by atoms with Gasteiger partial charge in [-0.25, -0.2) is 19.0 Å². The maximum atomic E-state index is 13.3. The van der Waals surface area contributed by atoms with Gasteiger partial charge in [0.2, 0.25) is 0 Å². The van der Waals surface area contributed by atoms with Gasteiger partial charge in [0.05, 0.1) is 5.69 Å². The molecule has 4 N–H and O–H groups in total. The molecule has 0 atom stereocenters. The van der Waals surface area contributed by atoms with Crippen molar-refractivity contribution in [3.8, 4) is 0 Å². The lowest BCUT2D eigenvalue weighted by molar-refractivity contribution is 0.495. The summed E-state index contributed by atoms with van der Waals surface area (Å²) in [5.41, 5.74) is 5.74. The van der Waals surface area contributed by atoms with Crippen LogP contribution in [0.2, 0.25) is 0 Å². The molecule has 6 heteroatoms. The maximum Gasteiger partial charge on any atom is 0.161 e. The summed E-state index contributed by atoms with van der Waals surface area (Å²) < 4.78 is 39.0. The first-order chi connectivity index (χ1) is 7.82. The van der Waals surface area contributed by atoms with Crippen LogP contribution in [-0.4, -0.2) is 0 Å². The molecule has 0 bridgehead atoms. The summed E-state index contributed by atoms with van der Waals surface area (Å²) in [6, 6.07) is 1.11. The normalized spacial score (nSPS) is 12.1. The quantitative estimate of drug-likeness (QED) is 0.488. The van der Waals surface area contributed by atoms with Crippen molar-refractivity contribution >= 4 is 5.69 Å². The van der Waals surface area contributed by atoms with Gasteiger partial charge in [-0.3, -0.25) is 5.01 Å². The van der Waals surface area contributed by atoms with Crippen molar-refractivity contribution < 1.29 is 13.2 Å². The standard InChI is InChI=1S/C11H14F3N3/c1-6(2)10(15)5-17(16)11-4-8(13)7(12)3-9(11)14/h3-6H,15-16H2,1-2H3/b10-5-. The average molecular weight is 245 g/mol. The third-order valence-electron chi connectivity index (χ3n) is 2.22. The van der Waals surface area contributed by atoms with E-state index in [-0.39, 0.29) is 11.6 Å². The van der Waals surface area contributed by atoms with E-state index in [0.717, 1.165) is 5.01 Å². The summed E-state index contributed by atoms with van der Waals surface area (Å²) >= 11 is 0. The molecule has 1 aromatic carbocycles. The minimum Gasteiger partial charge on any atom is -0.401 e. The molecular formula is C11H14F3N3. The van der Waals surface area contributed by atoms with E-state index in [1.165, 1.54) is 6.20 Å². The van der Waals surface area contributed by atoms with Crippen molar-refractivity contribution in [3.05, 3.63) is 41.5 Å². The van der Waals surface area contributed by atoms with Gasteiger partial charge in [0.15, 0.2) is 17.5 Å². The third-order valence-corrected chi connectivity index (χ3v) is 2.22. The summed E-state index contributed by atoms with van der Waals surface area (Å²) in [5.74, 6) is 2.11. The summed E-state index contributed by atoms with van der Waals surface area (Å²) in [7, 11) is 0. The van der Waals surface area contributed by atoms with Crippen molar-refractivity contribution in [1.82, 2.24) is 0 Å². The van der Waals surface area contributed by atoms with Crippen molar-refractivity contribution in [3.63, 3.8) is 0 Å². The van der Waals surface area contributed by atoms with E-state index in [2.05, 4.69) is 0 Å². The highest BCUT2D eigenvalue weighted by atomic mass is 19.2. The predicted molar refractivity (Wildman–Crippen MR) is 60.1 cm³/mol. The van der Waals surface area contributed by atoms with Crippen LogP contribution in [0.1, 0.15) is 13.8 Å². The van der Waals surface area contributed by atoms with Crippen LogP contribution in [0.15, 0.2) is 24.0 Å². The Morgan fingerprint density at radius 3 is 2.24 bits per heavy atom. The van der Waals surface area contributed by atoms with Crippen molar-refractivity contribution in [2.45, 2.75) is 13.8 Å². The molecule has 0 aliphatic heterocycles. The van der Waals surface area contributed by atoms with Crippen LogP contribution in [0.25, 0.3) is 0 Å². The minimum atomic E-state index is -1.26. The molecule has 0 amide bonds. The molecule has 0 saturated heterocycles. The average Bonchev–Trinajstić information content (AvgIpc) is 2.22. The number of allylic oxidation sites excluding steroid dienone is 1. The van der Waals surface area contributed by atoms with E-state index >= 15 is 0 Å².